The maximum Gasteiger partial charge on any atom is 0.347 e. The Bertz CT molecular complexity index is 706. The fraction of sp³-hybridized carbons (Fsp3) is 0.467. The van der Waals surface area contributed by atoms with Gasteiger partial charge in [0.1, 0.15) is 11.6 Å². The zero-order valence-corrected chi connectivity index (χ0v) is 17.1. The lowest BCUT2D eigenvalue weighted by Gasteiger charge is -2.15. The van der Waals surface area contributed by atoms with Gasteiger partial charge < -0.3 is 9.84 Å². The molecule has 2 aromatic rings. The topological polar surface area (TPSA) is 64.4 Å². The largest absolute Gasteiger partial charge is 0.477 e. The molecule has 0 fully saturated rings. The highest BCUT2D eigenvalue weighted by molar-refractivity contribution is 9.10. The molecule has 0 radical (unpaired) electrons. The summed E-state index contributed by atoms with van der Waals surface area (Å²) in [5.74, 6) is -0.923. The molecule has 0 atom stereocenters. The molecule has 0 saturated heterocycles. The van der Waals surface area contributed by atoms with Crippen LogP contribution in [0.1, 0.15) is 15.4 Å². The number of rotatable bonds is 7. The van der Waals surface area contributed by atoms with E-state index in [2.05, 4.69) is 40.7 Å². The average Bonchev–Trinajstić information content (AvgIpc) is 2.97. The van der Waals surface area contributed by atoms with E-state index < -0.39 is 14.0 Å². The number of hydrogen-bond donors (Lipinski definition) is 1. The third-order valence-corrected chi connectivity index (χ3v) is 7.06. The minimum absolute atomic E-state index is 0.304. The number of halogens is 1. The molecule has 0 aliphatic heterocycles. The first-order chi connectivity index (χ1) is 10.7. The molecule has 2 rings (SSSR count). The predicted molar refractivity (Wildman–Crippen MR) is 99.0 cm³/mol. The van der Waals surface area contributed by atoms with E-state index in [1.54, 1.807) is 4.68 Å². The quantitative estimate of drug-likeness (QED) is 0.524. The number of carboxylic acid groups (broad SMARTS) is 1. The van der Waals surface area contributed by atoms with Crippen molar-refractivity contribution >= 4 is 41.3 Å². The molecule has 0 spiro atoms. The van der Waals surface area contributed by atoms with Crippen LogP contribution in [0.4, 0.5) is 0 Å². The van der Waals surface area contributed by atoms with Crippen LogP contribution < -0.4 is 0 Å². The minimum Gasteiger partial charge on any atom is -0.477 e. The van der Waals surface area contributed by atoms with Gasteiger partial charge in [-0.1, -0.05) is 19.6 Å². The smallest absolute Gasteiger partial charge is 0.347 e. The first-order valence-electron chi connectivity index (χ1n) is 7.32. The number of aromatic nitrogens is 2. The van der Waals surface area contributed by atoms with Crippen molar-refractivity contribution in [1.29, 1.82) is 0 Å². The van der Waals surface area contributed by atoms with Gasteiger partial charge in [-0.3, -0.25) is 0 Å². The summed E-state index contributed by atoms with van der Waals surface area (Å²) in [7, 11) is -1.08. The molecule has 0 unspecified atom stereocenters. The summed E-state index contributed by atoms with van der Waals surface area (Å²) in [5, 5.41) is 13.6. The van der Waals surface area contributed by atoms with Crippen LogP contribution in [0.5, 0.6) is 0 Å². The predicted octanol–water partition coefficient (Wildman–Crippen LogP) is 4.69. The van der Waals surface area contributed by atoms with Crippen LogP contribution in [-0.2, 0) is 11.5 Å². The lowest BCUT2D eigenvalue weighted by molar-refractivity contribution is 0.0701. The van der Waals surface area contributed by atoms with Crippen molar-refractivity contribution in [2.75, 3.05) is 6.61 Å². The Labute approximate surface area is 149 Å². The van der Waals surface area contributed by atoms with Gasteiger partial charge in [-0.2, -0.15) is 5.10 Å². The number of hydrogen-bond acceptors (Lipinski definition) is 4. The average molecular weight is 417 g/mol. The molecule has 8 heteroatoms. The van der Waals surface area contributed by atoms with Crippen molar-refractivity contribution in [2.45, 2.75) is 39.3 Å². The first kappa shape index (κ1) is 18.4. The Morgan fingerprint density at radius 1 is 1.48 bits per heavy atom. The number of carbonyl (C=O) groups is 1. The molecule has 0 bridgehead atoms. The Morgan fingerprint density at radius 2 is 2.17 bits per heavy atom. The van der Waals surface area contributed by atoms with E-state index in [1.165, 1.54) is 11.3 Å². The molecule has 2 aromatic heterocycles. The summed E-state index contributed by atoms with van der Waals surface area (Å²) in [6, 6.07) is 2.95. The van der Waals surface area contributed by atoms with E-state index in [4.69, 9.17) is 9.84 Å². The van der Waals surface area contributed by atoms with Crippen molar-refractivity contribution in [3.63, 3.8) is 0 Å². The van der Waals surface area contributed by atoms with Crippen molar-refractivity contribution in [3.05, 3.63) is 27.3 Å². The van der Waals surface area contributed by atoms with Gasteiger partial charge in [0.05, 0.1) is 5.69 Å². The van der Waals surface area contributed by atoms with Crippen LogP contribution >= 0.6 is 27.3 Å². The fourth-order valence-electron chi connectivity index (χ4n) is 2.01. The second-order valence-electron chi connectivity index (χ2n) is 6.61. The van der Waals surface area contributed by atoms with E-state index in [-0.39, 0.29) is 0 Å². The van der Waals surface area contributed by atoms with Gasteiger partial charge >= 0.3 is 5.97 Å². The second-order valence-corrected chi connectivity index (χ2v) is 14.1. The van der Waals surface area contributed by atoms with E-state index in [0.29, 0.717) is 16.1 Å². The van der Waals surface area contributed by atoms with Crippen LogP contribution in [0.15, 0.2) is 16.7 Å². The molecule has 0 saturated carbocycles. The van der Waals surface area contributed by atoms with Crippen LogP contribution in [0, 0.1) is 6.92 Å². The number of nitrogens with zero attached hydrogens (tertiary/aromatic N) is 2. The van der Waals surface area contributed by atoms with Crippen molar-refractivity contribution in [1.82, 2.24) is 9.78 Å². The van der Waals surface area contributed by atoms with Gasteiger partial charge in [-0.15, -0.1) is 11.3 Å². The van der Waals surface area contributed by atoms with E-state index in [9.17, 15) is 4.79 Å². The molecule has 1 N–H and O–H groups in total. The highest BCUT2D eigenvalue weighted by Crippen LogP contribution is 2.35. The molecule has 0 amide bonds. The molecule has 0 aliphatic rings. The van der Waals surface area contributed by atoms with Gasteiger partial charge in [0.25, 0.3) is 0 Å². The standard InChI is InChI=1S/C15H21BrN2O3SSi/c1-10-11(13-7-12(16)14(22-13)15(19)20)8-18(17-10)9-21-5-6-23(2,3)4/h7-8H,5-6,9H2,1-4H3,(H,19,20). The van der Waals surface area contributed by atoms with Crippen LogP contribution in [0.3, 0.4) is 0 Å². The molecule has 23 heavy (non-hydrogen) atoms. The third-order valence-electron chi connectivity index (χ3n) is 3.31. The molecule has 5 nitrogen and oxygen atoms in total. The minimum atomic E-state index is -1.08. The van der Waals surface area contributed by atoms with Gasteiger partial charge in [0.2, 0.25) is 0 Å². The Hall–Kier alpha value is -0.963. The molecule has 2 heterocycles. The molecular formula is C15H21BrN2O3SSi. The summed E-state index contributed by atoms with van der Waals surface area (Å²) in [4.78, 5) is 12.3. The molecule has 0 aromatic carbocycles. The highest BCUT2D eigenvalue weighted by Gasteiger charge is 2.17. The number of carboxylic acids is 1. The maximum absolute atomic E-state index is 11.2. The van der Waals surface area contributed by atoms with E-state index in [0.717, 1.165) is 28.8 Å². The van der Waals surface area contributed by atoms with Gasteiger partial charge in [0.15, 0.2) is 0 Å². The zero-order valence-electron chi connectivity index (χ0n) is 13.7. The SMILES string of the molecule is Cc1nn(COCC[Si](C)(C)C)cc1-c1cc(Br)c(C(=O)O)s1. The maximum atomic E-state index is 11.2. The Morgan fingerprint density at radius 3 is 2.74 bits per heavy atom. The number of aromatic carboxylic acids is 1. The summed E-state index contributed by atoms with van der Waals surface area (Å²) in [5.41, 5.74) is 1.81. The van der Waals surface area contributed by atoms with Crippen molar-refractivity contribution in [3.8, 4) is 10.4 Å². The zero-order chi connectivity index (χ0) is 17.2. The molecule has 126 valence electrons. The van der Waals surface area contributed by atoms with Crippen molar-refractivity contribution in [2.24, 2.45) is 0 Å². The second kappa shape index (κ2) is 7.29. The number of ether oxygens (including phenoxy) is 1. The lowest BCUT2D eigenvalue weighted by Crippen LogP contribution is -2.22. The van der Waals surface area contributed by atoms with Gasteiger partial charge in [-0.25, -0.2) is 9.48 Å². The lowest BCUT2D eigenvalue weighted by atomic mass is 10.2. The molecule has 0 aliphatic carbocycles. The summed E-state index contributed by atoms with van der Waals surface area (Å²) >= 11 is 4.54. The van der Waals surface area contributed by atoms with Gasteiger partial charge in [0, 0.05) is 35.8 Å². The number of aryl methyl sites for hydroxylation is 1. The summed E-state index contributed by atoms with van der Waals surface area (Å²) in [6.07, 6.45) is 1.91. The Balaban J connectivity index is 2.06. The van der Waals surface area contributed by atoms with Crippen LogP contribution in [-0.4, -0.2) is 35.5 Å². The van der Waals surface area contributed by atoms with Crippen molar-refractivity contribution < 1.29 is 14.6 Å². The first-order valence-corrected chi connectivity index (χ1v) is 12.6. The normalized spacial score (nSPS) is 11.9. The summed E-state index contributed by atoms with van der Waals surface area (Å²) < 4.78 is 8.07. The number of thiophene rings is 1. The van der Waals surface area contributed by atoms with Crippen LogP contribution in [0.25, 0.3) is 10.4 Å². The van der Waals surface area contributed by atoms with Crippen LogP contribution in [0.2, 0.25) is 25.7 Å². The molecular weight excluding hydrogens is 396 g/mol. The van der Waals surface area contributed by atoms with E-state index >= 15 is 0 Å². The van der Waals surface area contributed by atoms with E-state index in [1.807, 2.05) is 19.2 Å². The fourth-order valence-corrected chi connectivity index (χ4v) is 4.51. The van der Waals surface area contributed by atoms with Gasteiger partial charge in [-0.05, 0) is 35.0 Å². The monoisotopic (exact) mass is 416 g/mol. The Kier molecular flexibility index (Phi) is 5.82. The summed E-state index contributed by atoms with van der Waals surface area (Å²) in [6.45, 7) is 10.0. The highest BCUT2D eigenvalue weighted by atomic mass is 79.9. The third kappa shape index (κ3) is 5.00.